The standard InChI is InChI=1S/C33H34ClN5O3.C2HF3O2/c34-29-11-9-27(10-12-29)33(42)38-22-28-8-5-25(20-36-17-13-35-14-18-36)19-30(28)39(31(40)23-38)21-24-3-6-26(7-4-24)32(41)37-15-1-2-16-37;3-2(4,5)1(6)7/h1-12,19,35H,13-18,20-23H2;(H,6,7). The maximum atomic E-state index is 13.9. The summed E-state index contributed by atoms with van der Waals surface area (Å²) in [5.74, 6) is -3.13. The van der Waals surface area contributed by atoms with Gasteiger partial charge in [-0.25, -0.2) is 4.79 Å². The topological polar surface area (TPSA) is 114 Å². The first-order valence-electron chi connectivity index (χ1n) is 15.6. The van der Waals surface area contributed by atoms with Crippen LogP contribution in [0.25, 0.3) is 0 Å². The minimum atomic E-state index is -5.08. The maximum absolute atomic E-state index is 13.9. The number of carboxylic acid groups (broad SMARTS) is 1. The molecule has 3 aromatic rings. The molecule has 0 radical (unpaired) electrons. The van der Waals surface area contributed by atoms with E-state index in [0.29, 0.717) is 42.3 Å². The summed E-state index contributed by atoms with van der Waals surface area (Å²) < 4.78 is 31.7. The highest BCUT2D eigenvalue weighted by Gasteiger charge is 2.38. The molecule has 0 unspecified atom stereocenters. The number of anilines is 1. The third kappa shape index (κ3) is 9.25. The predicted octanol–water partition coefficient (Wildman–Crippen LogP) is 4.58. The van der Waals surface area contributed by atoms with Crippen LogP contribution in [0.4, 0.5) is 18.9 Å². The molecule has 0 atom stereocenters. The second-order valence-electron chi connectivity index (χ2n) is 11.8. The van der Waals surface area contributed by atoms with Crippen molar-refractivity contribution < 1.29 is 37.5 Å². The van der Waals surface area contributed by atoms with E-state index in [1.807, 2.05) is 42.5 Å². The van der Waals surface area contributed by atoms with Gasteiger partial charge in [-0.2, -0.15) is 13.2 Å². The largest absolute Gasteiger partial charge is 0.490 e. The Balaban J connectivity index is 0.000000606. The highest BCUT2D eigenvalue weighted by molar-refractivity contribution is 6.30. The van der Waals surface area contributed by atoms with Crippen molar-refractivity contribution >= 4 is 41.0 Å². The minimum Gasteiger partial charge on any atom is -0.475 e. The number of nitrogens with one attached hydrogen (secondary N) is 1. The van der Waals surface area contributed by atoms with Crippen LogP contribution < -0.4 is 10.2 Å². The van der Waals surface area contributed by atoms with Crippen LogP contribution >= 0.6 is 11.6 Å². The third-order valence-corrected chi connectivity index (χ3v) is 8.56. The lowest BCUT2D eigenvalue weighted by Gasteiger charge is -2.28. The van der Waals surface area contributed by atoms with E-state index < -0.39 is 12.1 Å². The molecular weight excluding hydrogens is 663 g/mol. The van der Waals surface area contributed by atoms with Crippen molar-refractivity contribution in [2.75, 3.05) is 50.7 Å². The zero-order chi connectivity index (χ0) is 35.1. The van der Waals surface area contributed by atoms with Gasteiger partial charge < -0.3 is 25.1 Å². The van der Waals surface area contributed by atoms with Gasteiger partial charge >= 0.3 is 12.1 Å². The average molecular weight is 698 g/mol. The zero-order valence-corrected chi connectivity index (χ0v) is 27.2. The Morgan fingerprint density at radius 1 is 0.776 bits per heavy atom. The Morgan fingerprint density at radius 2 is 1.33 bits per heavy atom. The van der Waals surface area contributed by atoms with E-state index in [0.717, 1.165) is 55.1 Å². The van der Waals surface area contributed by atoms with E-state index in [4.69, 9.17) is 21.5 Å². The first-order valence-corrected chi connectivity index (χ1v) is 16.0. The molecule has 10 nitrogen and oxygen atoms in total. The summed E-state index contributed by atoms with van der Waals surface area (Å²) in [6.45, 7) is 6.55. The molecule has 3 aliphatic heterocycles. The Morgan fingerprint density at radius 3 is 1.92 bits per heavy atom. The quantitative estimate of drug-likeness (QED) is 0.363. The summed E-state index contributed by atoms with van der Waals surface area (Å²) in [4.78, 5) is 56.6. The van der Waals surface area contributed by atoms with Crippen LogP contribution in [-0.2, 0) is 29.2 Å². The average Bonchev–Trinajstić information content (AvgIpc) is 3.59. The van der Waals surface area contributed by atoms with Gasteiger partial charge in [0.1, 0.15) is 6.54 Å². The minimum absolute atomic E-state index is 0.00310. The first kappa shape index (κ1) is 35.6. The number of aliphatic carboxylic acids is 1. The molecule has 0 saturated carbocycles. The highest BCUT2D eigenvalue weighted by atomic mass is 35.5. The summed E-state index contributed by atoms with van der Waals surface area (Å²) in [6.07, 6.45) is -1.10. The van der Waals surface area contributed by atoms with Crippen molar-refractivity contribution in [3.05, 3.63) is 112 Å². The summed E-state index contributed by atoms with van der Waals surface area (Å²) in [5, 5.41) is 11.1. The predicted molar refractivity (Wildman–Crippen MR) is 177 cm³/mol. The van der Waals surface area contributed by atoms with E-state index >= 15 is 0 Å². The van der Waals surface area contributed by atoms with Gasteiger partial charge in [0.15, 0.2) is 0 Å². The van der Waals surface area contributed by atoms with Crippen LogP contribution in [0.15, 0.2) is 78.9 Å². The number of halogens is 4. The molecule has 6 rings (SSSR count). The number of hydrogen-bond acceptors (Lipinski definition) is 6. The van der Waals surface area contributed by atoms with E-state index in [1.165, 1.54) is 0 Å². The molecule has 1 fully saturated rings. The molecule has 0 aliphatic carbocycles. The fourth-order valence-electron chi connectivity index (χ4n) is 5.72. The number of fused-ring (bicyclic) bond motifs is 1. The van der Waals surface area contributed by atoms with Gasteiger partial charge in [0.25, 0.3) is 11.8 Å². The highest BCUT2D eigenvalue weighted by Crippen LogP contribution is 2.30. The number of rotatable bonds is 6. The van der Waals surface area contributed by atoms with E-state index in [-0.39, 0.29) is 24.3 Å². The number of carbonyl (C=O) groups excluding carboxylic acids is 3. The van der Waals surface area contributed by atoms with Gasteiger partial charge in [-0.05, 0) is 59.2 Å². The van der Waals surface area contributed by atoms with Gasteiger partial charge in [-0.15, -0.1) is 0 Å². The van der Waals surface area contributed by atoms with E-state index in [9.17, 15) is 27.6 Å². The van der Waals surface area contributed by atoms with Crippen molar-refractivity contribution in [1.29, 1.82) is 0 Å². The second-order valence-corrected chi connectivity index (χ2v) is 12.3. The van der Waals surface area contributed by atoms with Gasteiger partial charge in [-0.3, -0.25) is 19.3 Å². The molecule has 3 aromatic carbocycles. The van der Waals surface area contributed by atoms with Crippen LogP contribution in [0.3, 0.4) is 0 Å². The molecule has 49 heavy (non-hydrogen) atoms. The van der Waals surface area contributed by atoms with Crippen LogP contribution in [-0.4, -0.2) is 95.5 Å². The summed E-state index contributed by atoms with van der Waals surface area (Å²) in [5.41, 5.74) is 4.90. The van der Waals surface area contributed by atoms with Gasteiger partial charge in [0.05, 0.1) is 6.54 Å². The van der Waals surface area contributed by atoms with Crippen LogP contribution in [0, 0.1) is 0 Å². The second kappa shape index (κ2) is 15.7. The molecule has 0 bridgehead atoms. The first-order chi connectivity index (χ1) is 23.4. The molecule has 3 heterocycles. The molecular formula is C35H35ClF3N5O5. The van der Waals surface area contributed by atoms with Crippen molar-refractivity contribution in [3.63, 3.8) is 0 Å². The maximum Gasteiger partial charge on any atom is 0.490 e. The normalized spacial score (nSPS) is 16.5. The molecule has 1 saturated heterocycles. The van der Waals surface area contributed by atoms with Gasteiger partial charge in [0.2, 0.25) is 5.91 Å². The van der Waals surface area contributed by atoms with Crippen LogP contribution in [0.1, 0.15) is 37.4 Å². The molecule has 258 valence electrons. The number of piperazine rings is 1. The monoisotopic (exact) mass is 697 g/mol. The Bertz CT molecular complexity index is 1700. The van der Waals surface area contributed by atoms with Gasteiger partial charge in [0, 0.05) is 74.2 Å². The molecule has 3 amide bonds. The van der Waals surface area contributed by atoms with E-state index in [2.05, 4.69) is 22.3 Å². The Kier molecular flexibility index (Phi) is 11.4. The molecule has 0 aromatic heterocycles. The lowest BCUT2D eigenvalue weighted by Crippen LogP contribution is -2.42. The molecule has 3 aliphatic rings. The van der Waals surface area contributed by atoms with Crippen molar-refractivity contribution in [3.8, 4) is 0 Å². The number of alkyl halides is 3. The summed E-state index contributed by atoms with van der Waals surface area (Å²) in [7, 11) is 0. The number of amides is 3. The van der Waals surface area contributed by atoms with Crippen LogP contribution in [0.2, 0.25) is 5.02 Å². The zero-order valence-electron chi connectivity index (χ0n) is 26.5. The van der Waals surface area contributed by atoms with Crippen molar-refractivity contribution in [1.82, 2.24) is 20.0 Å². The number of nitrogens with zero attached hydrogens (tertiary/aromatic N) is 4. The number of carbonyl (C=O) groups is 4. The van der Waals surface area contributed by atoms with Gasteiger partial charge in [-0.1, -0.05) is 48.0 Å². The third-order valence-electron chi connectivity index (χ3n) is 8.31. The summed E-state index contributed by atoms with van der Waals surface area (Å²) in [6, 6.07) is 20.5. The lowest BCUT2D eigenvalue weighted by atomic mass is 10.1. The smallest absolute Gasteiger partial charge is 0.475 e. The number of hydrogen-bond donors (Lipinski definition) is 2. The van der Waals surface area contributed by atoms with Crippen LogP contribution in [0.5, 0.6) is 0 Å². The fourth-order valence-corrected chi connectivity index (χ4v) is 5.84. The van der Waals surface area contributed by atoms with E-state index in [1.54, 1.807) is 39.0 Å². The summed E-state index contributed by atoms with van der Waals surface area (Å²) >= 11 is 6.04. The molecule has 14 heteroatoms. The SMILES string of the molecule is O=C(O)C(F)(F)F.O=C(c1ccc(CN2C(=O)CN(C(=O)c3ccc(Cl)cc3)Cc3ccc(CN4CCNCC4)cc32)cc1)N1CC=CC1. The van der Waals surface area contributed by atoms with Crippen molar-refractivity contribution in [2.45, 2.75) is 25.8 Å². The number of benzene rings is 3. The molecule has 2 N–H and O–H groups in total. The fraction of sp³-hybridized carbons (Fsp3) is 0.314. The Hall–Kier alpha value is -4.72. The van der Waals surface area contributed by atoms with Crippen molar-refractivity contribution in [2.24, 2.45) is 0 Å². The Labute approximate surface area is 286 Å². The number of carboxylic acids is 1. The molecule has 0 spiro atoms. The lowest BCUT2D eigenvalue weighted by molar-refractivity contribution is -0.192.